The van der Waals surface area contributed by atoms with E-state index < -0.39 is 0 Å². The second kappa shape index (κ2) is 4.78. The molecule has 0 fully saturated rings. The topological polar surface area (TPSA) is 44.5 Å². The lowest BCUT2D eigenvalue weighted by atomic mass is 10.0. The highest BCUT2D eigenvalue weighted by molar-refractivity contribution is 5.81. The Labute approximate surface area is 101 Å². The van der Waals surface area contributed by atoms with Crippen molar-refractivity contribution in [2.75, 3.05) is 20.0 Å². The lowest BCUT2D eigenvalue weighted by molar-refractivity contribution is 0.414. The zero-order valence-corrected chi connectivity index (χ0v) is 9.94. The van der Waals surface area contributed by atoms with Crippen LogP contribution in [0, 0.1) is 0 Å². The minimum absolute atomic E-state index is 0.675. The fourth-order valence-electron chi connectivity index (χ4n) is 1.78. The molecule has 17 heavy (non-hydrogen) atoms. The molecule has 0 bridgehead atoms. The van der Waals surface area contributed by atoms with Gasteiger partial charge >= 0.3 is 0 Å². The zero-order chi connectivity index (χ0) is 12.3. The Hall–Kier alpha value is -2.16. The Morgan fingerprint density at radius 1 is 0.882 bits per heavy atom. The Morgan fingerprint density at radius 3 is 2.29 bits per heavy atom. The predicted octanol–water partition coefficient (Wildman–Crippen LogP) is 2.95. The highest BCUT2D eigenvalue weighted by Gasteiger charge is 2.08. The van der Waals surface area contributed by atoms with E-state index in [2.05, 4.69) is 0 Å². The molecule has 2 aromatic rings. The molecular weight excluding hydrogens is 214 g/mol. The van der Waals surface area contributed by atoms with Crippen molar-refractivity contribution in [2.24, 2.45) is 0 Å². The Morgan fingerprint density at radius 2 is 1.65 bits per heavy atom. The van der Waals surface area contributed by atoms with Gasteiger partial charge in [-0.2, -0.15) is 0 Å². The van der Waals surface area contributed by atoms with Crippen LogP contribution in [0.5, 0.6) is 11.5 Å². The Kier molecular flexibility index (Phi) is 3.19. The molecule has 0 radical (unpaired) electrons. The van der Waals surface area contributed by atoms with Crippen molar-refractivity contribution in [3.05, 3.63) is 42.5 Å². The molecule has 2 N–H and O–H groups in total. The quantitative estimate of drug-likeness (QED) is 0.823. The number of nitrogens with two attached hydrogens (primary N) is 1. The number of ether oxygens (including phenoxy) is 2. The first kappa shape index (κ1) is 11.3. The second-order valence-corrected chi connectivity index (χ2v) is 3.65. The summed E-state index contributed by atoms with van der Waals surface area (Å²) < 4.78 is 10.5. The summed E-state index contributed by atoms with van der Waals surface area (Å²) in [6.45, 7) is 0. The molecule has 0 aliphatic rings. The summed E-state index contributed by atoms with van der Waals surface area (Å²) in [5, 5.41) is 0. The summed E-state index contributed by atoms with van der Waals surface area (Å²) >= 11 is 0. The third-order valence-electron chi connectivity index (χ3n) is 2.66. The number of benzene rings is 2. The van der Waals surface area contributed by atoms with Gasteiger partial charge in [-0.15, -0.1) is 0 Å². The Balaban J connectivity index is 2.53. The normalized spacial score (nSPS) is 10.0. The molecular formula is C14H15NO2. The molecule has 0 unspecified atom stereocenters. The molecule has 0 spiro atoms. The number of nitrogen functional groups attached to an aromatic ring is 1. The molecule has 0 saturated carbocycles. The standard InChI is InChI=1S/C14H15NO2/c1-16-10-7-8-11(13(15)9-10)12-5-3-4-6-14(12)17-2/h3-9H,15H2,1-2H3. The van der Waals surface area contributed by atoms with Crippen molar-refractivity contribution in [1.29, 1.82) is 0 Å². The molecule has 0 saturated heterocycles. The maximum absolute atomic E-state index is 6.02. The van der Waals surface area contributed by atoms with Crippen LogP contribution in [0.4, 0.5) is 5.69 Å². The molecule has 0 aromatic heterocycles. The first-order valence-electron chi connectivity index (χ1n) is 5.33. The average Bonchev–Trinajstić information content (AvgIpc) is 2.38. The van der Waals surface area contributed by atoms with Gasteiger partial charge in [0.15, 0.2) is 0 Å². The van der Waals surface area contributed by atoms with E-state index in [0.717, 1.165) is 22.6 Å². The predicted molar refractivity (Wildman–Crippen MR) is 69.4 cm³/mol. The smallest absolute Gasteiger partial charge is 0.126 e. The fourth-order valence-corrected chi connectivity index (χ4v) is 1.78. The molecule has 3 nitrogen and oxygen atoms in total. The van der Waals surface area contributed by atoms with Crippen molar-refractivity contribution >= 4 is 5.69 Å². The van der Waals surface area contributed by atoms with E-state index >= 15 is 0 Å². The van der Waals surface area contributed by atoms with E-state index in [4.69, 9.17) is 15.2 Å². The van der Waals surface area contributed by atoms with E-state index in [9.17, 15) is 0 Å². The highest BCUT2D eigenvalue weighted by atomic mass is 16.5. The summed E-state index contributed by atoms with van der Waals surface area (Å²) in [6, 6.07) is 13.4. The third-order valence-corrected chi connectivity index (χ3v) is 2.66. The van der Waals surface area contributed by atoms with E-state index in [0.29, 0.717) is 5.69 Å². The van der Waals surface area contributed by atoms with Gasteiger partial charge in [0.2, 0.25) is 0 Å². The third kappa shape index (κ3) is 2.18. The van der Waals surface area contributed by atoms with Crippen molar-refractivity contribution in [3.8, 4) is 22.6 Å². The number of para-hydroxylation sites is 1. The average molecular weight is 229 g/mol. The number of hydrogen-bond acceptors (Lipinski definition) is 3. The fraction of sp³-hybridized carbons (Fsp3) is 0.143. The molecule has 3 heteroatoms. The molecule has 2 rings (SSSR count). The lowest BCUT2D eigenvalue weighted by Crippen LogP contribution is -1.94. The van der Waals surface area contributed by atoms with E-state index in [-0.39, 0.29) is 0 Å². The number of anilines is 1. The lowest BCUT2D eigenvalue weighted by Gasteiger charge is -2.11. The summed E-state index contributed by atoms with van der Waals surface area (Å²) in [6.07, 6.45) is 0. The van der Waals surface area contributed by atoms with Crippen molar-refractivity contribution in [2.45, 2.75) is 0 Å². The van der Waals surface area contributed by atoms with Crippen LogP contribution in [0.25, 0.3) is 11.1 Å². The van der Waals surface area contributed by atoms with Gasteiger partial charge in [0.1, 0.15) is 11.5 Å². The second-order valence-electron chi connectivity index (χ2n) is 3.65. The molecule has 88 valence electrons. The van der Waals surface area contributed by atoms with Crippen LogP contribution < -0.4 is 15.2 Å². The maximum Gasteiger partial charge on any atom is 0.126 e. The summed E-state index contributed by atoms with van der Waals surface area (Å²) in [5.41, 5.74) is 8.62. The molecule has 0 atom stereocenters. The van der Waals surface area contributed by atoms with Crippen LogP contribution in [0.3, 0.4) is 0 Å². The van der Waals surface area contributed by atoms with Gasteiger partial charge in [-0.3, -0.25) is 0 Å². The first-order chi connectivity index (χ1) is 8.26. The van der Waals surface area contributed by atoms with Gasteiger partial charge < -0.3 is 15.2 Å². The highest BCUT2D eigenvalue weighted by Crippen LogP contribution is 2.35. The van der Waals surface area contributed by atoms with Crippen LogP contribution in [0.2, 0.25) is 0 Å². The van der Waals surface area contributed by atoms with Gasteiger partial charge in [-0.25, -0.2) is 0 Å². The molecule has 0 aliphatic carbocycles. The number of hydrogen-bond donors (Lipinski definition) is 1. The monoisotopic (exact) mass is 229 g/mol. The molecule has 0 amide bonds. The SMILES string of the molecule is COc1ccc(-c2ccccc2OC)c(N)c1. The zero-order valence-electron chi connectivity index (χ0n) is 9.94. The van der Waals surface area contributed by atoms with Gasteiger partial charge in [0, 0.05) is 22.9 Å². The minimum atomic E-state index is 0.675. The summed E-state index contributed by atoms with van der Waals surface area (Å²) in [7, 11) is 3.27. The van der Waals surface area contributed by atoms with Crippen LogP contribution >= 0.6 is 0 Å². The summed E-state index contributed by atoms with van der Waals surface area (Å²) in [5.74, 6) is 1.56. The van der Waals surface area contributed by atoms with Gasteiger partial charge in [-0.1, -0.05) is 18.2 Å². The van der Waals surface area contributed by atoms with Crippen LogP contribution in [-0.2, 0) is 0 Å². The van der Waals surface area contributed by atoms with Gasteiger partial charge in [0.25, 0.3) is 0 Å². The number of methoxy groups -OCH3 is 2. The number of rotatable bonds is 3. The van der Waals surface area contributed by atoms with Gasteiger partial charge in [-0.05, 0) is 18.2 Å². The largest absolute Gasteiger partial charge is 0.497 e. The van der Waals surface area contributed by atoms with Crippen molar-refractivity contribution < 1.29 is 9.47 Å². The molecule has 0 aliphatic heterocycles. The van der Waals surface area contributed by atoms with Crippen LogP contribution in [0.1, 0.15) is 0 Å². The van der Waals surface area contributed by atoms with Crippen molar-refractivity contribution in [1.82, 2.24) is 0 Å². The van der Waals surface area contributed by atoms with Crippen molar-refractivity contribution in [3.63, 3.8) is 0 Å². The first-order valence-corrected chi connectivity index (χ1v) is 5.33. The molecule has 0 heterocycles. The maximum atomic E-state index is 6.02. The van der Waals surface area contributed by atoms with E-state index in [1.807, 2.05) is 42.5 Å². The van der Waals surface area contributed by atoms with Crippen LogP contribution in [-0.4, -0.2) is 14.2 Å². The van der Waals surface area contributed by atoms with E-state index in [1.165, 1.54) is 0 Å². The minimum Gasteiger partial charge on any atom is -0.497 e. The molecule has 2 aromatic carbocycles. The van der Waals surface area contributed by atoms with Crippen LogP contribution in [0.15, 0.2) is 42.5 Å². The Bertz CT molecular complexity index is 523. The summed E-state index contributed by atoms with van der Waals surface area (Å²) in [4.78, 5) is 0. The van der Waals surface area contributed by atoms with Gasteiger partial charge in [0.05, 0.1) is 14.2 Å². The van der Waals surface area contributed by atoms with E-state index in [1.54, 1.807) is 14.2 Å².